The number of carbonyl (C=O) groups is 1. The second-order valence-corrected chi connectivity index (χ2v) is 9.15. The first-order chi connectivity index (χ1) is 10.3. The minimum atomic E-state index is -1.59. The summed E-state index contributed by atoms with van der Waals surface area (Å²) in [5, 5.41) is 0. The average Bonchev–Trinajstić information content (AvgIpc) is 2.66. The van der Waals surface area contributed by atoms with Crippen molar-refractivity contribution in [3.8, 4) is 0 Å². The minimum Gasteiger partial charge on any atom is -0.295 e. The molecule has 4 rings (SSSR count). The van der Waals surface area contributed by atoms with Gasteiger partial charge in [0.1, 0.15) is 0 Å². The van der Waals surface area contributed by atoms with E-state index < -0.39 is 11.1 Å². The minimum absolute atomic E-state index is 0.105. The van der Waals surface area contributed by atoms with E-state index in [0.29, 0.717) is 23.7 Å². The Balaban J connectivity index is 1.73. The second kappa shape index (κ2) is 4.45. The maximum Gasteiger partial charge on any atom is 0.175 e. The van der Waals surface area contributed by atoms with Crippen LogP contribution in [-0.2, 0) is 4.79 Å². The number of Topliss-reactive ketones (excluding diaryl/α,β-unsaturated/α-hetero) is 1. The SMILES string of the molecule is C[C@]12CCCCC1=CC[C@@H]1[C@@H]2CC[C@]2(C)C(=O)[C@](C)(F)C[C@@H]12. The third-order valence-corrected chi connectivity index (χ3v) is 8.00. The molecule has 122 valence electrons. The summed E-state index contributed by atoms with van der Waals surface area (Å²) in [5.41, 5.74) is 0.0177. The number of fused-ring (bicyclic) bond motifs is 5. The van der Waals surface area contributed by atoms with Crippen LogP contribution in [0.25, 0.3) is 0 Å². The predicted molar refractivity (Wildman–Crippen MR) is 86.2 cm³/mol. The van der Waals surface area contributed by atoms with Crippen molar-refractivity contribution in [3.05, 3.63) is 11.6 Å². The number of allylic oxidation sites excluding steroid dienone is 2. The average molecular weight is 304 g/mol. The molecule has 0 saturated heterocycles. The molecule has 6 atom stereocenters. The molecule has 0 aromatic carbocycles. The van der Waals surface area contributed by atoms with E-state index in [4.69, 9.17) is 0 Å². The maximum absolute atomic E-state index is 14.8. The van der Waals surface area contributed by atoms with E-state index >= 15 is 0 Å². The number of carbonyl (C=O) groups excluding carboxylic acids is 1. The van der Waals surface area contributed by atoms with Crippen LogP contribution in [0, 0.1) is 28.6 Å². The third-order valence-electron chi connectivity index (χ3n) is 8.00. The molecule has 0 radical (unpaired) electrons. The molecule has 3 fully saturated rings. The zero-order valence-electron chi connectivity index (χ0n) is 14.3. The van der Waals surface area contributed by atoms with Crippen molar-refractivity contribution < 1.29 is 9.18 Å². The van der Waals surface area contributed by atoms with Gasteiger partial charge in [-0.3, -0.25) is 4.79 Å². The quantitative estimate of drug-likeness (QED) is 0.559. The van der Waals surface area contributed by atoms with Gasteiger partial charge in [0.25, 0.3) is 0 Å². The van der Waals surface area contributed by atoms with Gasteiger partial charge in [0, 0.05) is 5.41 Å². The lowest BCUT2D eigenvalue weighted by atomic mass is 9.48. The molecular weight excluding hydrogens is 275 g/mol. The molecule has 0 amide bonds. The largest absolute Gasteiger partial charge is 0.295 e. The zero-order chi connectivity index (χ0) is 15.8. The van der Waals surface area contributed by atoms with Gasteiger partial charge in [-0.15, -0.1) is 0 Å². The number of alkyl halides is 1. The summed E-state index contributed by atoms with van der Waals surface area (Å²) < 4.78 is 14.8. The van der Waals surface area contributed by atoms with E-state index in [1.165, 1.54) is 32.6 Å². The Hall–Kier alpha value is -0.660. The molecule has 0 unspecified atom stereocenters. The van der Waals surface area contributed by atoms with Crippen LogP contribution in [-0.4, -0.2) is 11.5 Å². The van der Waals surface area contributed by atoms with Crippen LogP contribution in [0.2, 0.25) is 0 Å². The molecule has 0 heterocycles. The van der Waals surface area contributed by atoms with Crippen molar-refractivity contribution >= 4 is 5.78 Å². The summed E-state index contributed by atoms with van der Waals surface area (Å²) in [5.74, 6) is 1.34. The summed E-state index contributed by atoms with van der Waals surface area (Å²) in [4.78, 5) is 12.6. The van der Waals surface area contributed by atoms with Gasteiger partial charge in [-0.25, -0.2) is 4.39 Å². The number of halogens is 1. The van der Waals surface area contributed by atoms with Crippen molar-refractivity contribution in [2.45, 2.75) is 77.8 Å². The van der Waals surface area contributed by atoms with Gasteiger partial charge in [0.15, 0.2) is 11.5 Å². The molecule has 0 spiro atoms. The highest BCUT2D eigenvalue weighted by molar-refractivity contribution is 5.94. The fourth-order valence-electron chi connectivity index (χ4n) is 6.78. The number of hydrogen-bond donors (Lipinski definition) is 0. The van der Waals surface area contributed by atoms with Crippen LogP contribution in [0.5, 0.6) is 0 Å². The Morgan fingerprint density at radius 2 is 1.86 bits per heavy atom. The zero-order valence-corrected chi connectivity index (χ0v) is 14.3. The van der Waals surface area contributed by atoms with Crippen LogP contribution in [0.3, 0.4) is 0 Å². The lowest BCUT2D eigenvalue weighted by Gasteiger charge is -2.56. The topological polar surface area (TPSA) is 17.1 Å². The van der Waals surface area contributed by atoms with Crippen molar-refractivity contribution in [2.75, 3.05) is 0 Å². The Morgan fingerprint density at radius 1 is 1.09 bits per heavy atom. The van der Waals surface area contributed by atoms with E-state index in [9.17, 15) is 9.18 Å². The van der Waals surface area contributed by atoms with E-state index in [2.05, 4.69) is 19.9 Å². The van der Waals surface area contributed by atoms with Crippen LogP contribution >= 0.6 is 0 Å². The van der Waals surface area contributed by atoms with Crippen molar-refractivity contribution in [1.29, 1.82) is 0 Å². The monoisotopic (exact) mass is 304 g/mol. The lowest BCUT2D eigenvalue weighted by Crippen LogP contribution is -2.49. The summed E-state index contributed by atoms with van der Waals surface area (Å²) >= 11 is 0. The standard InChI is InChI=1S/C20H29FO/c1-18-10-5-4-6-13(18)7-8-14-15(18)9-11-19(2)16(14)12-20(3,21)17(19)22/h7,14-16H,4-6,8-12H2,1-3H3/t14-,15+,16+,18+,19+,20-/m1/s1. The molecule has 2 heteroatoms. The van der Waals surface area contributed by atoms with Crippen molar-refractivity contribution in [3.63, 3.8) is 0 Å². The van der Waals surface area contributed by atoms with Gasteiger partial charge in [-0.2, -0.15) is 0 Å². The highest BCUT2D eigenvalue weighted by atomic mass is 19.1. The molecule has 0 bridgehead atoms. The maximum atomic E-state index is 14.8. The highest BCUT2D eigenvalue weighted by Crippen LogP contribution is 2.65. The Labute approximate surface area is 133 Å². The van der Waals surface area contributed by atoms with E-state index in [-0.39, 0.29) is 11.7 Å². The second-order valence-electron chi connectivity index (χ2n) is 9.15. The summed E-state index contributed by atoms with van der Waals surface area (Å²) in [6.45, 7) is 6.05. The van der Waals surface area contributed by atoms with E-state index in [0.717, 1.165) is 19.3 Å². The predicted octanol–water partition coefficient (Wildman–Crippen LogP) is 5.25. The fraction of sp³-hybridized carbons (Fsp3) is 0.850. The van der Waals surface area contributed by atoms with Gasteiger partial charge < -0.3 is 0 Å². The van der Waals surface area contributed by atoms with E-state index in [1.807, 2.05) is 0 Å². The van der Waals surface area contributed by atoms with E-state index in [1.54, 1.807) is 5.57 Å². The van der Waals surface area contributed by atoms with Crippen LogP contribution in [0.1, 0.15) is 72.1 Å². The number of hydrogen-bond acceptors (Lipinski definition) is 1. The van der Waals surface area contributed by atoms with Gasteiger partial charge in [-0.05, 0) is 75.0 Å². The van der Waals surface area contributed by atoms with Crippen molar-refractivity contribution in [1.82, 2.24) is 0 Å². The smallest absolute Gasteiger partial charge is 0.175 e. The summed E-state index contributed by atoms with van der Waals surface area (Å²) in [6.07, 6.45) is 11.3. The molecule has 3 saturated carbocycles. The lowest BCUT2D eigenvalue weighted by molar-refractivity contribution is -0.138. The Bertz CT molecular complexity index is 548. The molecule has 0 aliphatic heterocycles. The summed E-state index contributed by atoms with van der Waals surface area (Å²) in [7, 11) is 0. The van der Waals surface area contributed by atoms with Gasteiger partial charge in [0.2, 0.25) is 0 Å². The van der Waals surface area contributed by atoms with Gasteiger partial charge >= 0.3 is 0 Å². The van der Waals surface area contributed by atoms with Crippen molar-refractivity contribution in [2.24, 2.45) is 28.6 Å². The first-order valence-electron chi connectivity index (χ1n) is 9.22. The highest BCUT2D eigenvalue weighted by Gasteiger charge is 2.64. The molecule has 0 aromatic rings. The Kier molecular flexibility index (Phi) is 3.02. The third kappa shape index (κ3) is 1.73. The first kappa shape index (κ1) is 14.9. The number of ketones is 1. The molecule has 0 N–H and O–H groups in total. The normalized spacial score (nSPS) is 54.3. The fourth-order valence-corrected chi connectivity index (χ4v) is 6.78. The van der Waals surface area contributed by atoms with Crippen LogP contribution < -0.4 is 0 Å². The molecular formula is C20H29FO. The molecule has 4 aliphatic carbocycles. The molecule has 0 aromatic heterocycles. The molecule has 1 nitrogen and oxygen atoms in total. The van der Waals surface area contributed by atoms with Crippen LogP contribution in [0.15, 0.2) is 11.6 Å². The molecule has 4 aliphatic rings. The van der Waals surface area contributed by atoms with Gasteiger partial charge in [0.05, 0.1) is 0 Å². The summed E-state index contributed by atoms with van der Waals surface area (Å²) in [6, 6.07) is 0. The van der Waals surface area contributed by atoms with Gasteiger partial charge in [-0.1, -0.05) is 31.9 Å². The number of rotatable bonds is 0. The molecule has 22 heavy (non-hydrogen) atoms. The first-order valence-corrected chi connectivity index (χ1v) is 9.22. The van der Waals surface area contributed by atoms with Crippen LogP contribution in [0.4, 0.5) is 4.39 Å². The Morgan fingerprint density at radius 3 is 2.64 bits per heavy atom.